The second-order valence-corrected chi connectivity index (χ2v) is 7.71. The van der Waals surface area contributed by atoms with Crippen molar-refractivity contribution in [1.82, 2.24) is 0 Å². The van der Waals surface area contributed by atoms with E-state index >= 15 is 0 Å². The number of carbonyl (C=O) groups is 2. The van der Waals surface area contributed by atoms with Gasteiger partial charge in [0.15, 0.2) is 0 Å². The molecule has 0 aromatic heterocycles. The molecule has 0 fully saturated rings. The van der Waals surface area contributed by atoms with E-state index in [1.165, 1.54) is 6.08 Å². The number of esters is 2. The zero-order valence-corrected chi connectivity index (χ0v) is 17.5. The highest BCUT2D eigenvalue weighted by Gasteiger charge is 2.42. The number of benzene rings is 2. The van der Waals surface area contributed by atoms with Crippen LogP contribution in [0, 0.1) is 0 Å². The summed E-state index contributed by atoms with van der Waals surface area (Å²) < 4.78 is 16.7. The lowest BCUT2D eigenvalue weighted by Gasteiger charge is -2.20. The van der Waals surface area contributed by atoms with Crippen LogP contribution in [-0.4, -0.2) is 29.3 Å². The Morgan fingerprint density at radius 1 is 1.00 bits per heavy atom. The van der Waals surface area contributed by atoms with Crippen molar-refractivity contribution in [2.24, 2.45) is 0 Å². The number of carbonyl (C=O) groups excluding carboxylic acids is 2. The molecule has 1 aliphatic heterocycles. The van der Waals surface area contributed by atoms with Gasteiger partial charge in [-0.2, -0.15) is 0 Å². The van der Waals surface area contributed by atoms with Crippen molar-refractivity contribution >= 4 is 18.0 Å². The number of aromatic hydroxyl groups is 1. The van der Waals surface area contributed by atoms with Gasteiger partial charge >= 0.3 is 11.9 Å². The topological polar surface area (TPSA) is 82.1 Å². The molecule has 6 nitrogen and oxygen atoms in total. The number of rotatable bonds is 6. The highest BCUT2D eigenvalue weighted by molar-refractivity contribution is 5.87. The first-order chi connectivity index (χ1) is 14.2. The van der Waals surface area contributed by atoms with Crippen LogP contribution >= 0.6 is 0 Å². The van der Waals surface area contributed by atoms with Gasteiger partial charge in [0.1, 0.15) is 23.5 Å². The third kappa shape index (κ3) is 5.00. The molecule has 1 N–H and O–H groups in total. The lowest BCUT2D eigenvalue weighted by atomic mass is 9.90. The molecule has 0 spiro atoms. The fourth-order valence-corrected chi connectivity index (χ4v) is 3.31. The smallest absolute Gasteiger partial charge is 0.331 e. The Morgan fingerprint density at radius 3 is 2.30 bits per heavy atom. The van der Waals surface area contributed by atoms with Crippen molar-refractivity contribution in [1.29, 1.82) is 0 Å². The number of phenols is 1. The van der Waals surface area contributed by atoms with Crippen LogP contribution in [0.2, 0.25) is 0 Å². The van der Waals surface area contributed by atoms with Gasteiger partial charge in [-0.1, -0.05) is 18.2 Å². The van der Waals surface area contributed by atoms with Crippen molar-refractivity contribution in [2.75, 3.05) is 0 Å². The highest BCUT2D eigenvalue weighted by atomic mass is 16.6. The fraction of sp³-hybridized carbons (Fsp3) is 0.333. The predicted molar refractivity (Wildman–Crippen MR) is 112 cm³/mol. The van der Waals surface area contributed by atoms with Gasteiger partial charge in [0.2, 0.25) is 0 Å². The highest BCUT2D eigenvalue weighted by Crippen LogP contribution is 2.47. The van der Waals surface area contributed by atoms with E-state index in [-0.39, 0.29) is 23.9 Å². The van der Waals surface area contributed by atoms with Crippen LogP contribution in [0.5, 0.6) is 11.5 Å². The summed E-state index contributed by atoms with van der Waals surface area (Å²) in [6.07, 6.45) is 1.96. The third-order valence-electron chi connectivity index (χ3n) is 4.52. The van der Waals surface area contributed by atoms with Crippen molar-refractivity contribution < 1.29 is 28.9 Å². The number of hydrogen-bond acceptors (Lipinski definition) is 6. The van der Waals surface area contributed by atoms with Crippen LogP contribution in [0.4, 0.5) is 0 Å². The summed E-state index contributed by atoms with van der Waals surface area (Å²) in [6.45, 7) is 7.16. The van der Waals surface area contributed by atoms with Crippen LogP contribution in [-0.2, 0) is 19.1 Å². The van der Waals surface area contributed by atoms with E-state index in [1.54, 1.807) is 64.1 Å². The molecule has 3 rings (SSSR count). The van der Waals surface area contributed by atoms with Gasteiger partial charge in [-0.05, 0) is 69.2 Å². The molecular formula is C24H26O6. The van der Waals surface area contributed by atoms with Crippen LogP contribution < -0.4 is 4.74 Å². The molecule has 2 aromatic carbocycles. The largest absolute Gasteiger partial charge is 0.508 e. The Morgan fingerprint density at radius 2 is 1.67 bits per heavy atom. The van der Waals surface area contributed by atoms with Crippen molar-refractivity contribution in [3.63, 3.8) is 0 Å². The van der Waals surface area contributed by atoms with E-state index in [2.05, 4.69) is 0 Å². The molecule has 1 aliphatic rings. The minimum Gasteiger partial charge on any atom is -0.508 e. The van der Waals surface area contributed by atoms with E-state index < -0.39 is 18.0 Å². The van der Waals surface area contributed by atoms with Crippen LogP contribution in [0.3, 0.4) is 0 Å². The van der Waals surface area contributed by atoms with Gasteiger partial charge in [0.05, 0.1) is 12.2 Å². The quantitative estimate of drug-likeness (QED) is 0.557. The number of phenolic OH excluding ortho intramolecular Hbond substituents is 1. The Balaban J connectivity index is 1.93. The normalized spacial score (nSPS) is 17.8. The van der Waals surface area contributed by atoms with E-state index in [1.807, 2.05) is 12.1 Å². The predicted octanol–water partition coefficient (Wildman–Crippen LogP) is 4.53. The van der Waals surface area contributed by atoms with E-state index in [9.17, 15) is 14.7 Å². The first-order valence-corrected chi connectivity index (χ1v) is 9.93. The summed E-state index contributed by atoms with van der Waals surface area (Å²) in [5, 5.41) is 9.58. The molecule has 0 saturated carbocycles. The van der Waals surface area contributed by atoms with Crippen molar-refractivity contribution in [2.45, 2.75) is 51.9 Å². The van der Waals surface area contributed by atoms with Gasteiger partial charge in [-0.25, -0.2) is 4.79 Å². The van der Waals surface area contributed by atoms with Gasteiger partial charge < -0.3 is 19.3 Å². The maximum atomic E-state index is 12.9. The summed E-state index contributed by atoms with van der Waals surface area (Å²) in [5.41, 5.74) is 2.19. The first-order valence-electron chi connectivity index (χ1n) is 9.93. The first kappa shape index (κ1) is 21.4. The van der Waals surface area contributed by atoms with E-state index in [0.29, 0.717) is 11.3 Å². The number of hydrogen-bond donors (Lipinski definition) is 1. The lowest BCUT2D eigenvalue weighted by molar-refractivity contribution is -0.151. The Kier molecular flexibility index (Phi) is 6.45. The molecule has 1 heterocycles. The minimum absolute atomic E-state index is 0.135. The molecule has 2 aromatic rings. The molecule has 2 atom stereocenters. The summed E-state index contributed by atoms with van der Waals surface area (Å²) in [4.78, 5) is 24.7. The Bertz CT molecular complexity index is 943. The van der Waals surface area contributed by atoms with Crippen molar-refractivity contribution in [3.8, 4) is 11.5 Å². The molecule has 6 heteroatoms. The Labute approximate surface area is 176 Å². The second-order valence-electron chi connectivity index (χ2n) is 7.71. The van der Waals surface area contributed by atoms with Crippen LogP contribution in [0.25, 0.3) is 6.08 Å². The molecule has 0 saturated heterocycles. The average molecular weight is 410 g/mol. The SMILES string of the molecule is CC(C)OC(=O)/C=C/c1ccc2c(c1)[C@@H](C(=O)OC(C)C)[C@H](c1ccc(O)cc1)O2. The van der Waals surface area contributed by atoms with Crippen LogP contribution in [0.15, 0.2) is 48.5 Å². The zero-order valence-electron chi connectivity index (χ0n) is 17.5. The molecule has 0 amide bonds. The van der Waals surface area contributed by atoms with Crippen molar-refractivity contribution in [3.05, 3.63) is 65.2 Å². The maximum Gasteiger partial charge on any atom is 0.331 e. The van der Waals surface area contributed by atoms with E-state index in [0.717, 1.165) is 11.1 Å². The van der Waals surface area contributed by atoms with E-state index in [4.69, 9.17) is 14.2 Å². The zero-order chi connectivity index (χ0) is 21.8. The number of ether oxygens (including phenoxy) is 3. The minimum atomic E-state index is -0.664. The summed E-state index contributed by atoms with van der Waals surface area (Å²) >= 11 is 0. The monoisotopic (exact) mass is 410 g/mol. The average Bonchev–Trinajstić information content (AvgIpc) is 3.04. The standard InChI is InChI=1S/C24H26O6/c1-14(2)28-21(26)12-6-16-5-11-20-19(13-16)22(24(27)29-15(3)4)23(30-20)17-7-9-18(25)10-8-17/h5-15,22-23,25H,1-4H3/b12-6+/t22-,23+/m1/s1. The molecule has 0 radical (unpaired) electrons. The van der Waals surface area contributed by atoms with Gasteiger partial charge in [0, 0.05) is 11.6 Å². The summed E-state index contributed by atoms with van der Waals surface area (Å²) in [6, 6.07) is 12.0. The number of fused-ring (bicyclic) bond motifs is 1. The Hall–Kier alpha value is -3.28. The molecular weight excluding hydrogens is 384 g/mol. The van der Waals surface area contributed by atoms with Crippen LogP contribution in [0.1, 0.15) is 56.4 Å². The third-order valence-corrected chi connectivity index (χ3v) is 4.52. The summed E-state index contributed by atoms with van der Waals surface area (Å²) in [5.74, 6) is -0.762. The lowest BCUT2D eigenvalue weighted by Crippen LogP contribution is -2.23. The molecule has 158 valence electrons. The molecule has 0 unspecified atom stereocenters. The summed E-state index contributed by atoms with van der Waals surface area (Å²) in [7, 11) is 0. The second kappa shape index (κ2) is 9.03. The van der Waals surface area contributed by atoms with Gasteiger partial charge in [0.25, 0.3) is 0 Å². The van der Waals surface area contributed by atoms with Gasteiger partial charge in [-0.3, -0.25) is 4.79 Å². The molecule has 0 bridgehead atoms. The van der Waals surface area contributed by atoms with Gasteiger partial charge in [-0.15, -0.1) is 0 Å². The fourth-order valence-electron chi connectivity index (χ4n) is 3.31. The maximum absolute atomic E-state index is 12.9. The molecule has 30 heavy (non-hydrogen) atoms. The molecule has 0 aliphatic carbocycles.